The van der Waals surface area contributed by atoms with Gasteiger partial charge in [0.2, 0.25) is 0 Å². The highest BCUT2D eigenvalue weighted by Gasteiger charge is 2.19. The van der Waals surface area contributed by atoms with Crippen LogP contribution in [0.1, 0.15) is 11.1 Å². The number of anilines is 1. The maximum atomic E-state index is 12.3. The van der Waals surface area contributed by atoms with Gasteiger partial charge in [0.25, 0.3) is 10.0 Å². The molecule has 0 saturated carbocycles. The molecule has 0 fully saturated rings. The summed E-state index contributed by atoms with van der Waals surface area (Å²) in [5.74, 6) is 0. The maximum absolute atomic E-state index is 12.3. The molecule has 0 spiro atoms. The predicted octanol–water partition coefficient (Wildman–Crippen LogP) is 5.34. The van der Waals surface area contributed by atoms with Gasteiger partial charge in [-0.3, -0.25) is 4.72 Å². The first-order valence-electron chi connectivity index (χ1n) is 5.45. The van der Waals surface area contributed by atoms with Gasteiger partial charge in [-0.05, 0) is 59.1 Å². The Labute approximate surface area is 143 Å². The van der Waals surface area contributed by atoms with Gasteiger partial charge >= 0.3 is 0 Å². The van der Waals surface area contributed by atoms with Gasteiger partial charge in [-0.25, -0.2) is 8.42 Å². The summed E-state index contributed by atoms with van der Waals surface area (Å²) in [6, 6.07) is 4.98. The second-order valence-corrected chi connectivity index (χ2v) is 9.70. The zero-order valence-corrected chi connectivity index (χ0v) is 16.1. The minimum atomic E-state index is -3.62. The van der Waals surface area contributed by atoms with Crippen molar-refractivity contribution < 1.29 is 8.42 Å². The number of rotatable bonds is 3. The lowest BCUT2D eigenvalue weighted by Gasteiger charge is -2.10. The van der Waals surface area contributed by atoms with E-state index in [1.54, 1.807) is 12.1 Å². The fourth-order valence-electron chi connectivity index (χ4n) is 1.67. The molecular weight excluding hydrogens is 450 g/mol. The highest BCUT2D eigenvalue weighted by atomic mass is 79.9. The van der Waals surface area contributed by atoms with E-state index >= 15 is 0 Å². The Bertz CT molecular complexity index is 729. The van der Waals surface area contributed by atoms with Crippen LogP contribution < -0.4 is 4.72 Å². The van der Waals surface area contributed by atoms with E-state index in [9.17, 15) is 8.42 Å². The minimum Gasteiger partial charge on any atom is -0.279 e. The molecule has 0 aliphatic carbocycles. The number of hydrogen-bond acceptors (Lipinski definition) is 3. The van der Waals surface area contributed by atoms with E-state index in [4.69, 9.17) is 11.6 Å². The summed E-state index contributed by atoms with van der Waals surface area (Å²) in [6.07, 6.45) is 0. The van der Waals surface area contributed by atoms with E-state index in [2.05, 4.69) is 36.6 Å². The molecule has 108 valence electrons. The van der Waals surface area contributed by atoms with Gasteiger partial charge in [-0.15, -0.1) is 11.3 Å². The van der Waals surface area contributed by atoms with Crippen molar-refractivity contribution in [2.24, 2.45) is 0 Å². The summed E-state index contributed by atoms with van der Waals surface area (Å²) < 4.78 is 28.9. The molecule has 2 aromatic rings. The van der Waals surface area contributed by atoms with Crippen LogP contribution in [0.25, 0.3) is 0 Å². The lowest BCUT2D eigenvalue weighted by atomic mass is 10.1. The molecule has 0 atom stereocenters. The van der Waals surface area contributed by atoms with Gasteiger partial charge in [-0.2, -0.15) is 0 Å². The van der Waals surface area contributed by atoms with Crippen LogP contribution in [0.5, 0.6) is 0 Å². The van der Waals surface area contributed by atoms with Gasteiger partial charge in [0.1, 0.15) is 4.21 Å². The fraction of sp³-hybridized carbons (Fsp3) is 0.167. The van der Waals surface area contributed by atoms with Crippen LogP contribution in [0.15, 0.2) is 30.7 Å². The first-order valence-corrected chi connectivity index (χ1v) is 9.71. The molecule has 0 saturated heterocycles. The standard InChI is InChI=1S/C12H10Br2ClNO2S2/c1-6-3-8(4-7(2)11(6)13)16-20(17,18)10-5-9(15)12(14)19-10/h3-5,16H,1-2H3. The Morgan fingerprint density at radius 2 is 1.70 bits per heavy atom. The molecule has 0 aliphatic rings. The van der Waals surface area contributed by atoms with Gasteiger partial charge < -0.3 is 0 Å². The number of sulfonamides is 1. The number of halogens is 3. The molecule has 2 rings (SSSR count). The fourth-order valence-corrected chi connectivity index (χ4v) is 5.34. The molecule has 8 heteroatoms. The smallest absolute Gasteiger partial charge is 0.271 e. The second-order valence-electron chi connectivity index (χ2n) is 4.22. The minimum absolute atomic E-state index is 0.174. The van der Waals surface area contributed by atoms with Crippen molar-refractivity contribution >= 4 is 70.5 Å². The molecule has 20 heavy (non-hydrogen) atoms. The van der Waals surface area contributed by atoms with Crippen LogP contribution in [0.3, 0.4) is 0 Å². The lowest BCUT2D eigenvalue weighted by Crippen LogP contribution is -2.11. The van der Waals surface area contributed by atoms with Crippen LogP contribution in [0.2, 0.25) is 5.02 Å². The molecular formula is C12H10Br2ClNO2S2. The number of aryl methyl sites for hydroxylation is 2. The first-order chi connectivity index (χ1) is 9.20. The van der Waals surface area contributed by atoms with E-state index in [0.717, 1.165) is 26.9 Å². The Morgan fingerprint density at radius 3 is 2.15 bits per heavy atom. The van der Waals surface area contributed by atoms with E-state index in [-0.39, 0.29) is 4.21 Å². The average molecular weight is 460 g/mol. The van der Waals surface area contributed by atoms with Crippen molar-refractivity contribution in [3.05, 3.63) is 42.6 Å². The number of hydrogen-bond donors (Lipinski definition) is 1. The van der Waals surface area contributed by atoms with Crippen molar-refractivity contribution in [1.82, 2.24) is 0 Å². The van der Waals surface area contributed by atoms with Gasteiger partial charge in [0, 0.05) is 10.2 Å². The van der Waals surface area contributed by atoms with Gasteiger partial charge in [-0.1, -0.05) is 27.5 Å². The Morgan fingerprint density at radius 1 is 1.15 bits per heavy atom. The monoisotopic (exact) mass is 457 g/mol. The zero-order chi connectivity index (χ0) is 15.1. The molecule has 1 heterocycles. The summed E-state index contributed by atoms with van der Waals surface area (Å²) in [6.45, 7) is 3.82. The molecule has 0 amide bonds. The van der Waals surface area contributed by atoms with Crippen LogP contribution in [0, 0.1) is 13.8 Å². The molecule has 0 aliphatic heterocycles. The summed E-state index contributed by atoms with van der Waals surface area (Å²) in [5, 5.41) is 0.388. The Hall–Kier alpha value is -0.0800. The van der Waals surface area contributed by atoms with E-state index in [1.165, 1.54) is 6.07 Å². The molecule has 3 nitrogen and oxygen atoms in total. The summed E-state index contributed by atoms with van der Waals surface area (Å²) in [7, 11) is -3.62. The number of thiophene rings is 1. The third-order valence-corrected chi connectivity index (χ3v) is 8.16. The second kappa shape index (κ2) is 5.96. The predicted molar refractivity (Wildman–Crippen MR) is 91.5 cm³/mol. The van der Waals surface area contributed by atoms with Gasteiger partial charge in [0.15, 0.2) is 0 Å². The molecule has 1 aromatic heterocycles. The summed E-state index contributed by atoms with van der Waals surface area (Å²) in [5.41, 5.74) is 2.46. The van der Waals surface area contributed by atoms with Crippen molar-refractivity contribution in [3.8, 4) is 0 Å². The normalized spacial score (nSPS) is 11.7. The Kier molecular flexibility index (Phi) is 4.86. The summed E-state index contributed by atoms with van der Waals surface area (Å²) in [4.78, 5) is 0. The van der Waals surface area contributed by atoms with Crippen molar-refractivity contribution in [3.63, 3.8) is 0 Å². The lowest BCUT2D eigenvalue weighted by molar-refractivity contribution is 0.603. The third kappa shape index (κ3) is 3.39. The van der Waals surface area contributed by atoms with E-state index < -0.39 is 10.0 Å². The van der Waals surface area contributed by atoms with Crippen LogP contribution in [0.4, 0.5) is 5.69 Å². The first kappa shape index (κ1) is 16.3. The molecule has 1 aromatic carbocycles. The molecule has 1 N–H and O–H groups in total. The van der Waals surface area contributed by atoms with Crippen molar-refractivity contribution in [2.75, 3.05) is 4.72 Å². The van der Waals surface area contributed by atoms with Crippen molar-refractivity contribution in [2.45, 2.75) is 18.1 Å². The maximum Gasteiger partial charge on any atom is 0.271 e. The molecule has 0 bridgehead atoms. The average Bonchev–Trinajstić information content (AvgIpc) is 2.67. The largest absolute Gasteiger partial charge is 0.279 e. The summed E-state index contributed by atoms with van der Waals surface area (Å²) >= 11 is 13.6. The quantitative estimate of drug-likeness (QED) is 0.673. The van der Waals surface area contributed by atoms with Crippen LogP contribution in [-0.4, -0.2) is 8.42 Å². The SMILES string of the molecule is Cc1cc(NS(=O)(=O)c2cc(Cl)c(Br)s2)cc(C)c1Br. The third-order valence-electron chi connectivity index (χ3n) is 2.58. The Balaban J connectivity index is 2.38. The number of benzene rings is 1. The highest BCUT2D eigenvalue weighted by molar-refractivity contribution is 9.11. The van der Waals surface area contributed by atoms with E-state index in [0.29, 0.717) is 14.5 Å². The molecule has 0 radical (unpaired) electrons. The van der Waals surface area contributed by atoms with Gasteiger partial charge in [0.05, 0.1) is 8.81 Å². The van der Waals surface area contributed by atoms with Crippen LogP contribution >= 0.6 is 54.8 Å². The van der Waals surface area contributed by atoms with Crippen LogP contribution in [-0.2, 0) is 10.0 Å². The topological polar surface area (TPSA) is 46.2 Å². The molecule has 0 unspecified atom stereocenters. The van der Waals surface area contributed by atoms with Crippen molar-refractivity contribution in [1.29, 1.82) is 0 Å². The highest BCUT2D eigenvalue weighted by Crippen LogP contribution is 2.35. The van der Waals surface area contributed by atoms with E-state index in [1.807, 2.05) is 13.8 Å². The zero-order valence-electron chi connectivity index (χ0n) is 10.5. The number of nitrogens with one attached hydrogen (secondary N) is 1.